The van der Waals surface area contributed by atoms with Crippen molar-refractivity contribution in [2.24, 2.45) is 0 Å². The molecule has 9 heavy (non-hydrogen) atoms. The molecule has 0 heterocycles. The molecule has 0 fully saturated rings. The summed E-state index contributed by atoms with van der Waals surface area (Å²) < 4.78 is 11.9. The van der Waals surface area contributed by atoms with Crippen LogP contribution in [-0.2, 0) is 0 Å². The predicted molar refractivity (Wildman–Crippen MR) is 31.6 cm³/mol. The zero-order valence-electron chi connectivity index (χ0n) is 4.96. The minimum absolute atomic E-state index is 0. The van der Waals surface area contributed by atoms with Gasteiger partial charge in [0.15, 0.2) is 0 Å². The number of benzene rings is 1. The van der Waals surface area contributed by atoms with Crippen LogP contribution in [0.1, 0.15) is 0 Å². The van der Waals surface area contributed by atoms with Crippen LogP contribution < -0.4 is 0 Å². The van der Waals surface area contributed by atoms with Crippen molar-refractivity contribution >= 4 is 0 Å². The zero-order chi connectivity index (χ0) is 5.11. The SMILES string of the molecule is Fc1cc[c-]cc1.[CH3-].[Md]. The summed E-state index contributed by atoms with van der Waals surface area (Å²) in [6.07, 6.45) is 0. The Morgan fingerprint density at radius 1 is 1.22 bits per heavy atom. The summed E-state index contributed by atoms with van der Waals surface area (Å²) >= 11 is 0. The fourth-order valence-electron chi connectivity index (χ4n) is 0.367. The Balaban J connectivity index is 0. The molecule has 1 rings (SSSR count). The van der Waals surface area contributed by atoms with Crippen LogP contribution in [0.3, 0.4) is 0 Å². The van der Waals surface area contributed by atoms with Crippen LogP contribution in [-0.4, -0.2) is 0 Å². The zero-order valence-corrected chi connectivity index (χ0v) is 7.27. The van der Waals surface area contributed by atoms with Gasteiger partial charge < -0.3 is 7.43 Å². The summed E-state index contributed by atoms with van der Waals surface area (Å²) in [4.78, 5) is 0. The minimum atomic E-state index is -0.209. The van der Waals surface area contributed by atoms with E-state index in [1.807, 2.05) is 0 Å². The minimum Gasteiger partial charge on any atom is -0.358 e. The first-order chi connectivity index (χ1) is 3.39. The molecule has 0 amide bonds. The number of hydrogen-bond donors (Lipinski definition) is 0. The summed E-state index contributed by atoms with van der Waals surface area (Å²) in [7, 11) is 0. The summed E-state index contributed by atoms with van der Waals surface area (Å²) in [5.41, 5.74) is 0. The summed E-state index contributed by atoms with van der Waals surface area (Å²) in [5, 5.41) is 0. The van der Waals surface area contributed by atoms with Gasteiger partial charge in [-0.25, -0.2) is 4.39 Å². The van der Waals surface area contributed by atoms with E-state index in [1.165, 1.54) is 24.3 Å². The second-order valence-corrected chi connectivity index (χ2v) is 1.22. The molecule has 0 aliphatic rings. The molecule has 0 atom stereocenters. The van der Waals surface area contributed by atoms with Gasteiger partial charge in [-0.1, -0.05) is 0 Å². The van der Waals surface area contributed by atoms with E-state index in [4.69, 9.17) is 0 Å². The number of hydrogen-bond acceptors (Lipinski definition) is 0. The normalized spacial score (nSPS) is 6.78. The van der Waals surface area contributed by atoms with Crippen LogP contribution in [0.2, 0.25) is 0 Å². The van der Waals surface area contributed by atoms with Gasteiger partial charge in [-0.2, -0.15) is 18.2 Å². The van der Waals surface area contributed by atoms with E-state index in [0.717, 1.165) is 0 Å². The van der Waals surface area contributed by atoms with Crippen LogP contribution in [0.5, 0.6) is 0 Å². The topological polar surface area (TPSA) is 0 Å². The molecule has 0 aliphatic carbocycles. The van der Waals surface area contributed by atoms with Crippen molar-refractivity contribution in [3.8, 4) is 0 Å². The van der Waals surface area contributed by atoms with E-state index in [-0.39, 0.29) is 13.2 Å². The molecule has 1 aromatic carbocycles. The third kappa shape index (κ3) is 2.80. The average molecular weight is 368 g/mol. The van der Waals surface area contributed by atoms with Gasteiger partial charge >= 0.3 is 0 Å². The summed E-state index contributed by atoms with van der Waals surface area (Å²) in [5.74, 6) is -0.209. The van der Waals surface area contributed by atoms with E-state index in [0.29, 0.717) is 0 Å². The molecule has 0 N–H and O–H groups in total. The van der Waals surface area contributed by atoms with E-state index in [9.17, 15) is 4.39 Å². The third-order valence-electron chi connectivity index (χ3n) is 0.678. The van der Waals surface area contributed by atoms with E-state index < -0.39 is 0 Å². The maximum Gasteiger partial charge on any atom is 0.0151 e. The van der Waals surface area contributed by atoms with Crippen LogP contribution in [0.15, 0.2) is 24.3 Å². The Hall–Kier alpha value is -1.85. The Morgan fingerprint density at radius 2 is 1.67 bits per heavy atom. The predicted octanol–water partition coefficient (Wildman–Crippen LogP) is 2.08. The van der Waals surface area contributed by atoms with Crippen molar-refractivity contribution in [2.45, 2.75) is 0 Å². The van der Waals surface area contributed by atoms with Crippen LogP contribution in [0.4, 0.5) is 4.39 Å². The Kier molecular flexibility index (Phi) is 4.89. The van der Waals surface area contributed by atoms with Gasteiger partial charge in [0.1, 0.15) is 0 Å². The average Bonchev–Trinajstić information content (AvgIpc) is 1.69. The van der Waals surface area contributed by atoms with E-state index >= 15 is 0 Å². The largest absolute Gasteiger partial charge is 0.358 e. The molecule has 0 aliphatic heterocycles. The van der Waals surface area contributed by atoms with Gasteiger partial charge in [0, 0.05) is 5.82 Å². The van der Waals surface area contributed by atoms with Gasteiger partial charge in [-0.3, -0.25) is 0 Å². The number of rotatable bonds is 0. The van der Waals surface area contributed by atoms with Gasteiger partial charge in [0.2, 0.25) is 0 Å². The number of halogens is 1. The standard InChI is InChI=1S/C6H4F.CH3.Md/c7-6-4-2-1-3-5-6;;/h2-5H;1H3;/q2*-1;. The smallest absolute Gasteiger partial charge is 0.0151 e. The first kappa shape index (κ1) is 10.2. The first-order valence-electron chi connectivity index (χ1n) is 2.01. The van der Waals surface area contributed by atoms with Crippen LogP contribution in [0, 0.1) is 19.3 Å². The van der Waals surface area contributed by atoms with Gasteiger partial charge in [0.25, 0.3) is 0 Å². The van der Waals surface area contributed by atoms with Crippen molar-refractivity contribution < 1.29 is 4.39 Å². The van der Waals surface area contributed by atoms with E-state index in [2.05, 4.69) is 6.07 Å². The quantitative estimate of drug-likeness (QED) is 0.616. The Labute approximate surface area is 49.0 Å². The summed E-state index contributed by atoms with van der Waals surface area (Å²) in [6.45, 7) is 0. The fourth-order valence-corrected chi connectivity index (χ4v) is 0.367. The van der Waals surface area contributed by atoms with Crippen LogP contribution >= 0.6 is 0 Å². The molecule has 0 saturated heterocycles. The van der Waals surface area contributed by atoms with Crippen molar-refractivity contribution in [1.29, 1.82) is 0 Å². The maximum atomic E-state index is 11.9. The molecular formula is C7H7FMd-2. The van der Waals surface area contributed by atoms with Crippen molar-refractivity contribution in [2.75, 3.05) is 0 Å². The van der Waals surface area contributed by atoms with Crippen LogP contribution in [0.25, 0.3) is 0 Å². The van der Waals surface area contributed by atoms with Gasteiger partial charge in [-0.15, -0.1) is 12.1 Å². The monoisotopic (exact) mass is 368 g/mol. The molecule has 57 valence electrons. The third-order valence-corrected chi connectivity index (χ3v) is 0.678. The molecule has 1 radical (unpaired) electrons. The summed E-state index contributed by atoms with van der Waals surface area (Å²) in [6, 6.07) is 8.49. The molecule has 0 nitrogen and oxygen atoms in total. The maximum absolute atomic E-state index is 11.9. The molecule has 0 unspecified atom stereocenters. The molecule has 1 aromatic rings. The molecule has 0 bridgehead atoms. The van der Waals surface area contributed by atoms with Gasteiger partial charge in [-0.05, 0) is 0 Å². The molecule has 0 spiro atoms. The second kappa shape index (κ2) is 4.31. The van der Waals surface area contributed by atoms with Crippen molar-refractivity contribution in [1.82, 2.24) is 0 Å². The van der Waals surface area contributed by atoms with Gasteiger partial charge in [0.05, 0.1) is 0 Å². The second-order valence-electron chi connectivity index (χ2n) is 1.22. The Morgan fingerprint density at radius 3 is 1.89 bits per heavy atom. The van der Waals surface area contributed by atoms with E-state index in [1.54, 1.807) is 0 Å². The molecule has 0 saturated carbocycles. The molecular weight excluding hydrogens is 361 g/mol. The Bertz CT molecular complexity index is 139. The molecule has 2 heteroatoms. The first-order valence-corrected chi connectivity index (χ1v) is 2.01. The molecule has 0 aromatic heterocycles. The van der Waals surface area contributed by atoms with Crippen molar-refractivity contribution in [3.05, 3.63) is 43.6 Å². The fraction of sp³-hybridized carbons (Fsp3) is 0. The van der Waals surface area contributed by atoms with Crippen molar-refractivity contribution in [3.63, 3.8) is 0 Å².